The molecule has 2 aliphatic rings. The van der Waals surface area contributed by atoms with E-state index >= 15 is 0 Å². The molecular weight excluding hydrogens is 248 g/mol. The van der Waals surface area contributed by atoms with Crippen LogP contribution in [0.3, 0.4) is 0 Å². The summed E-state index contributed by atoms with van der Waals surface area (Å²) in [6, 6.07) is 0.737. The Hall–Kier alpha value is -0.120. The van der Waals surface area contributed by atoms with E-state index in [0.717, 1.165) is 37.5 Å². The molecule has 4 unspecified atom stereocenters. The van der Waals surface area contributed by atoms with Gasteiger partial charge in [0.2, 0.25) is 0 Å². The van der Waals surface area contributed by atoms with Crippen LogP contribution < -0.4 is 5.32 Å². The molecule has 0 saturated carbocycles. The van der Waals surface area contributed by atoms with Crippen LogP contribution in [0.1, 0.15) is 53.4 Å². The largest absolute Gasteiger partial charge is 0.372 e. The van der Waals surface area contributed by atoms with Gasteiger partial charge in [0.25, 0.3) is 0 Å². The van der Waals surface area contributed by atoms with Crippen LogP contribution in [-0.2, 0) is 4.74 Å². The second-order valence-corrected chi connectivity index (χ2v) is 7.48. The maximum Gasteiger partial charge on any atom is 0.0707 e. The highest BCUT2D eigenvalue weighted by Gasteiger charge is 2.30. The second-order valence-electron chi connectivity index (χ2n) is 7.48. The number of rotatable bonds is 6. The number of hydrogen-bond acceptors (Lipinski definition) is 3. The van der Waals surface area contributed by atoms with Gasteiger partial charge in [-0.2, -0.15) is 0 Å². The summed E-state index contributed by atoms with van der Waals surface area (Å²) in [5.41, 5.74) is 0. The van der Waals surface area contributed by atoms with Crippen LogP contribution in [0.5, 0.6) is 0 Å². The van der Waals surface area contributed by atoms with E-state index in [1.54, 1.807) is 0 Å². The molecule has 2 saturated heterocycles. The third kappa shape index (κ3) is 5.01. The minimum Gasteiger partial charge on any atom is -0.372 e. The Morgan fingerprint density at radius 3 is 2.60 bits per heavy atom. The van der Waals surface area contributed by atoms with E-state index in [2.05, 4.69) is 37.9 Å². The van der Waals surface area contributed by atoms with E-state index in [4.69, 9.17) is 4.74 Å². The van der Waals surface area contributed by atoms with E-state index < -0.39 is 0 Å². The minimum absolute atomic E-state index is 0.442. The first-order valence-electron chi connectivity index (χ1n) is 8.64. The number of piperidine rings is 1. The quantitative estimate of drug-likeness (QED) is 0.811. The molecule has 0 aliphatic carbocycles. The molecular formula is C17H34N2O. The van der Waals surface area contributed by atoms with Crippen molar-refractivity contribution in [3.8, 4) is 0 Å². The van der Waals surface area contributed by atoms with Gasteiger partial charge in [-0.05, 0) is 57.5 Å². The topological polar surface area (TPSA) is 24.5 Å². The number of ether oxygens (including phenoxy) is 1. The summed E-state index contributed by atoms with van der Waals surface area (Å²) in [5, 5.41) is 3.53. The lowest BCUT2D eigenvalue weighted by molar-refractivity contribution is 0.00508. The molecule has 3 heteroatoms. The predicted molar refractivity (Wildman–Crippen MR) is 85.0 cm³/mol. The third-order valence-electron chi connectivity index (χ3n) is 4.83. The zero-order valence-electron chi connectivity index (χ0n) is 13.9. The highest BCUT2D eigenvalue weighted by Crippen LogP contribution is 2.26. The van der Waals surface area contributed by atoms with Crippen molar-refractivity contribution in [1.29, 1.82) is 0 Å². The molecule has 0 radical (unpaired) electrons. The van der Waals surface area contributed by atoms with Crippen LogP contribution in [0.4, 0.5) is 0 Å². The molecule has 0 aromatic heterocycles. The maximum atomic E-state index is 6.22. The Balaban J connectivity index is 1.65. The monoisotopic (exact) mass is 282 g/mol. The molecule has 1 N–H and O–H groups in total. The molecule has 20 heavy (non-hydrogen) atoms. The molecule has 0 spiro atoms. The lowest BCUT2D eigenvalue weighted by Gasteiger charge is -2.37. The van der Waals surface area contributed by atoms with Crippen LogP contribution in [-0.4, -0.2) is 49.3 Å². The molecule has 2 fully saturated rings. The van der Waals surface area contributed by atoms with Gasteiger partial charge in [-0.3, -0.25) is 4.90 Å². The summed E-state index contributed by atoms with van der Waals surface area (Å²) >= 11 is 0. The maximum absolute atomic E-state index is 6.22. The predicted octanol–water partition coefficient (Wildman–Crippen LogP) is 2.90. The fourth-order valence-electron chi connectivity index (χ4n) is 3.59. The summed E-state index contributed by atoms with van der Waals surface area (Å²) in [6.45, 7) is 13.8. The van der Waals surface area contributed by atoms with Crippen LogP contribution >= 0.6 is 0 Å². The van der Waals surface area contributed by atoms with Crippen molar-refractivity contribution in [3.05, 3.63) is 0 Å². The van der Waals surface area contributed by atoms with Gasteiger partial charge in [0.05, 0.1) is 12.2 Å². The van der Waals surface area contributed by atoms with Crippen LogP contribution in [0.25, 0.3) is 0 Å². The highest BCUT2D eigenvalue weighted by molar-refractivity contribution is 4.83. The van der Waals surface area contributed by atoms with Crippen LogP contribution in [0.2, 0.25) is 0 Å². The summed E-state index contributed by atoms with van der Waals surface area (Å²) in [5.74, 6) is 1.63. The smallest absolute Gasteiger partial charge is 0.0707 e. The number of hydrogen-bond donors (Lipinski definition) is 1. The molecule has 0 bridgehead atoms. The average Bonchev–Trinajstić information content (AvgIpc) is 2.80. The van der Waals surface area contributed by atoms with Crippen molar-refractivity contribution in [3.63, 3.8) is 0 Å². The van der Waals surface area contributed by atoms with Crippen LogP contribution in [0, 0.1) is 11.8 Å². The fourth-order valence-corrected chi connectivity index (χ4v) is 3.59. The Morgan fingerprint density at radius 1 is 1.15 bits per heavy atom. The molecule has 0 aromatic rings. The first-order chi connectivity index (χ1) is 9.54. The fraction of sp³-hybridized carbons (Fsp3) is 1.00. The molecule has 2 rings (SSSR count). The zero-order chi connectivity index (χ0) is 14.5. The molecule has 2 heterocycles. The summed E-state index contributed by atoms with van der Waals surface area (Å²) in [6.07, 6.45) is 6.10. The summed E-state index contributed by atoms with van der Waals surface area (Å²) in [7, 11) is 0. The lowest BCUT2D eigenvalue weighted by Crippen LogP contribution is -2.44. The molecule has 3 nitrogen and oxygen atoms in total. The van der Waals surface area contributed by atoms with E-state index in [1.807, 2.05) is 0 Å². The Labute approximate surface area is 125 Å². The van der Waals surface area contributed by atoms with Gasteiger partial charge in [0.1, 0.15) is 0 Å². The number of nitrogens with zero attached hydrogens (tertiary/aromatic N) is 1. The van der Waals surface area contributed by atoms with Crippen LogP contribution in [0.15, 0.2) is 0 Å². The standard InChI is InChI=1S/C17H34N2O/c1-13(2)10-18-11-16-5-6-17(20-16)12-19-8-7-14(3)9-15(19)4/h13-18H,5-12H2,1-4H3. The van der Waals surface area contributed by atoms with E-state index in [-0.39, 0.29) is 0 Å². The Bertz CT molecular complexity index is 282. The van der Waals surface area contributed by atoms with E-state index in [0.29, 0.717) is 12.2 Å². The first-order valence-corrected chi connectivity index (χ1v) is 8.64. The van der Waals surface area contributed by atoms with Crippen molar-refractivity contribution < 1.29 is 4.74 Å². The minimum atomic E-state index is 0.442. The zero-order valence-corrected chi connectivity index (χ0v) is 13.9. The SMILES string of the molecule is CC(C)CNCC1CCC(CN2CCC(C)CC2C)O1. The van der Waals surface area contributed by atoms with Gasteiger partial charge < -0.3 is 10.1 Å². The molecule has 0 aromatic carbocycles. The van der Waals surface area contributed by atoms with Gasteiger partial charge in [-0.15, -0.1) is 0 Å². The Morgan fingerprint density at radius 2 is 1.90 bits per heavy atom. The van der Waals surface area contributed by atoms with Crippen molar-refractivity contribution in [1.82, 2.24) is 10.2 Å². The molecule has 0 amide bonds. The van der Waals surface area contributed by atoms with Gasteiger partial charge in [0.15, 0.2) is 0 Å². The summed E-state index contributed by atoms with van der Waals surface area (Å²) in [4.78, 5) is 2.65. The highest BCUT2D eigenvalue weighted by atomic mass is 16.5. The Kier molecular flexibility index (Phi) is 6.31. The average molecular weight is 282 g/mol. The van der Waals surface area contributed by atoms with Crippen molar-refractivity contribution in [2.75, 3.05) is 26.2 Å². The molecule has 2 aliphatic heterocycles. The normalized spacial score (nSPS) is 35.9. The number of nitrogens with one attached hydrogen (secondary N) is 1. The lowest BCUT2D eigenvalue weighted by atomic mass is 9.93. The van der Waals surface area contributed by atoms with E-state index in [9.17, 15) is 0 Å². The third-order valence-corrected chi connectivity index (χ3v) is 4.83. The van der Waals surface area contributed by atoms with Gasteiger partial charge >= 0.3 is 0 Å². The van der Waals surface area contributed by atoms with E-state index in [1.165, 1.54) is 32.2 Å². The summed E-state index contributed by atoms with van der Waals surface area (Å²) < 4.78 is 6.22. The molecule has 4 atom stereocenters. The van der Waals surface area contributed by atoms with Gasteiger partial charge in [-0.25, -0.2) is 0 Å². The second kappa shape index (κ2) is 7.77. The number of likely N-dealkylation sites (tertiary alicyclic amines) is 1. The van der Waals surface area contributed by atoms with Crippen molar-refractivity contribution in [2.24, 2.45) is 11.8 Å². The molecule has 118 valence electrons. The van der Waals surface area contributed by atoms with Gasteiger partial charge in [0, 0.05) is 19.1 Å². The van der Waals surface area contributed by atoms with Crippen molar-refractivity contribution >= 4 is 0 Å². The first kappa shape index (κ1) is 16.3. The van der Waals surface area contributed by atoms with Gasteiger partial charge in [-0.1, -0.05) is 20.8 Å². The van der Waals surface area contributed by atoms with Crippen molar-refractivity contribution in [2.45, 2.75) is 71.6 Å².